The summed E-state index contributed by atoms with van der Waals surface area (Å²) >= 11 is 0. The molecule has 5 rings (SSSR count). The lowest BCUT2D eigenvalue weighted by molar-refractivity contribution is -0.139. The molecule has 0 bridgehead atoms. The SMILES string of the molecule is CC1(C)OC[C@@H](c2cnc(NC(=O)[C@H](CC3CC(F)C(F)C3)c3ccc(S(=O)(=O)C4CC4)cc3)cn2)O1. The van der Waals surface area contributed by atoms with Gasteiger partial charge in [-0.1, -0.05) is 12.1 Å². The summed E-state index contributed by atoms with van der Waals surface area (Å²) in [6.45, 7) is 3.96. The van der Waals surface area contributed by atoms with Crippen molar-refractivity contribution >= 4 is 21.6 Å². The van der Waals surface area contributed by atoms with Gasteiger partial charge in [-0.25, -0.2) is 22.2 Å². The van der Waals surface area contributed by atoms with Crippen molar-refractivity contribution in [1.82, 2.24) is 9.97 Å². The highest BCUT2D eigenvalue weighted by atomic mass is 32.2. The average molecular weight is 536 g/mol. The molecule has 1 amide bonds. The maximum atomic E-state index is 13.9. The summed E-state index contributed by atoms with van der Waals surface area (Å²) in [6, 6.07) is 6.24. The second-order valence-electron chi connectivity index (χ2n) is 10.6. The smallest absolute Gasteiger partial charge is 0.233 e. The Labute approximate surface area is 215 Å². The summed E-state index contributed by atoms with van der Waals surface area (Å²) < 4.78 is 64.2. The first-order chi connectivity index (χ1) is 17.5. The molecule has 4 atom stereocenters. The minimum atomic E-state index is -3.37. The molecule has 11 heteroatoms. The Morgan fingerprint density at radius 2 is 1.78 bits per heavy atom. The molecule has 1 aliphatic heterocycles. The fraction of sp³-hybridized carbons (Fsp3) is 0.577. The molecule has 2 aromatic rings. The van der Waals surface area contributed by atoms with Gasteiger partial charge in [-0.2, -0.15) is 0 Å². The summed E-state index contributed by atoms with van der Waals surface area (Å²) in [5, 5.41) is 2.41. The third-order valence-corrected chi connectivity index (χ3v) is 9.51. The Morgan fingerprint density at radius 1 is 1.11 bits per heavy atom. The van der Waals surface area contributed by atoms with Gasteiger partial charge in [0.15, 0.2) is 21.4 Å². The van der Waals surface area contributed by atoms with Crippen LogP contribution in [0.3, 0.4) is 0 Å². The van der Waals surface area contributed by atoms with E-state index in [2.05, 4.69) is 15.3 Å². The molecule has 0 spiro atoms. The van der Waals surface area contributed by atoms with Gasteiger partial charge < -0.3 is 14.8 Å². The molecular weight excluding hydrogens is 504 g/mol. The van der Waals surface area contributed by atoms with Crippen molar-refractivity contribution in [2.75, 3.05) is 11.9 Å². The van der Waals surface area contributed by atoms with E-state index in [1.807, 2.05) is 13.8 Å². The molecule has 3 fully saturated rings. The first-order valence-corrected chi connectivity index (χ1v) is 14.1. The summed E-state index contributed by atoms with van der Waals surface area (Å²) in [5.41, 5.74) is 1.15. The summed E-state index contributed by atoms with van der Waals surface area (Å²) in [5.74, 6) is -1.94. The largest absolute Gasteiger partial charge is 0.347 e. The molecule has 2 aliphatic carbocycles. The average Bonchev–Trinajstić information content (AvgIpc) is 3.60. The number of nitrogens with zero attached hydrogens (tertiary/aromatic N) is 2. The van der Waals surface area contributed by atoms with Crippen LogP contribution >= 0.6 is 0 Å². The topological polar surface area (TPSA) is 107 Å². The predicted octanol–water partition coefficient (Wildman–Crippen LogP) is 4.44. The molecule has 1 N–H and O–H groups in total. The van der Waals surface area contributed by atoms with Crippen LogP contribution in [0, 0.1) is 5.92 Å². The number of anilines is 1. The molecule has 200 valence electrons. The van der Waals surface area contributed by atoms with Crippen LogP contribution in [-0.4, -0.2) is 54.3 Å². The highest BCUT2D eigenvalue weighted by Crippen LogP contribution is 2.39. The fourth-order valence-electron chi connectivity index (χ4n) is 5.02. The van der Waals surface area contributed by atoms with E-state index in [0.29, 0.717) is 30.7 Å². The summed E-state index contributed by atoms with van der Waals surface area (Å²) in [7, 11) is -3.37. The van der Waals surface area contributed by atoms with Crippen LogP contribution in [0.25, 0.3) is 0 Å². The second kappa shape index (κ2) is 9.99. The number of aromatic nitrogens is 2. The van der Waals surface area contributed by atoms with E-state index in [0.717, 1.165) is 0 Å². The number of carbonyl (C=O) groups excluding carboxylic acids is 1. The first-order valence-electron chi connectivity index (χ1n) is 12.6. The zero-order valence-electron chi connectivity index (χ0n) is 20.8. The number of nitrogens with one attached hydrogen (secondary N) is 1. The quantitative estimate of drug-likeness (QED) is 0.533. The molecule has 37 heavy (non-hydrogen) atoms. The molecular formula is C26H31F2N3O5S. The van der Waals surface area contributed by atoms with Crippen molar-refractivity contribution in [3.8, 4) is 0 Å². The standard InChI is InChI=1S/C26H31F2N3O5S/c1-26(2)35-14-23(36-26)22-12-30-24(13-29-22)31-25(32)19(9-15-10-20(27)21(28)11-15)16-3-5-17(6-4-16)37(33,34)18-7-8-18/h3-6,12-13,15,18-21,23H,7-11,14H2,1-2H3,(H,30,31,32)/t15?,19-,20?,21?,23+/m1/s1. The van der Waals surface area contributed by atoms with E-state index in [9.17, 15) is 22.0 Å². The van der Waals surface area contributed by atoms with Gasteiger partial charge in [-0.15, -0.1) is 0 Å². The summed E-state index contributed by atoms with van der Waals surface area (Å²) in [6.07, 6.45) is 1.14. The Bertz CT molecular complexity index is 1230. The van der Waals surface area contributed by atoms with E-state index >= 15 is 0 Å². The van der Waals surface area contributed by atoms with E-state index < -0.39 is 39.8 Å². The lowest BCUT2D eigenvalue weighted by Crippen LogP contribution is -2.24. The number of carbonyl (C=O) groups is 1. The predicted molar refractivity (Wildman–Crippen MR) is 131 cm³/mol. The monoisotopic (exact) mass is 535 g/mol. The number of alkyl halides is 2. The first kappa shape index (κ1) is 26.1. The van der Waals surface area contributed by atoms with Crippen molar-refractivity contribution in [3.05, 3.63) is 47.9 Å². The van der Waals surface area contributed by atoms with Gasteiger partial charge in [-0.3, -0.25) is 9.78 Å². The molecule has 8 nitrogen and oxygen atoms in total. The van der Waals surface area contributed by atoms with Crippen LogP contribution in [0.5, 0.6) is 0 Å². The third kappa shape index (κ3) is 5.83. The van der Waals surface area contributed by atoms with Gasteiger partial charge >= 0.3 is 0 Å². The zero-order chi connectivity index (χ0) is 26.4. The second-order valence-corrected chi connectivity index (χ2v) is 12.8. The van der Waals surface area contributed by atoms with Crippen molar-refractivity contribution in [2.24, 2.45) is 5.92 Å². The number of hydrogen-bond donors (Lipinski definition) is 1. The Kier molecular flexibility index (Phi) is 7.06. The van der Waals surface area contributed by atoms with Crippen LogP contribution < -0.4 is 5.32 Å². The molecule has 1 aromatic carbocycles. The van der Waals surface area contributed by atoms with Gasteiger partial charge in [0.25, 0.3) is 0 Å². The Balaban J connectivity index is 1.32. The Morgan fingerprint density at radius 3 is 2.32 bits per heavy atom. The van der Waals surface area contributed by atoms with E-state index in [1.165, 1.54) is 24.5 Å². The van der Waals surface area contributed by atoms with E-state index in [-0.39, 0.29) is 47.2 Å². The number of halogens is 2. The van der Waals surface area contributed by atoms with Gasteiger partial charge in [0.05, 0.1) is 40.8 Å². The Hall–Kier alpha value is -2.50. The van der Waals surface area contributed by atoms with Crippen LogP contribution in [0.4, 0.5) is 14.6 Å². The van der Waals surface area contributed by atoms with E-state index in [1.54, 1.807) is 12.1 Å². The number of hydrogen-bond acceptors (Lipinski definition) is 7. The lowest BCUT2D eigenvalue weighted by Gasteiger charge is -2.21. The lowest BCUT2D eigenvalue weighted by atomic mass is 9.87. The highest BCUT2D eigenvalue weighted by molar-refractivity contribution is 7.92. The van der Waals surface area contributed by atoms with Crippen molar-refractivity contribution in [3.63, 3.8) is 0 Å². The number of sulfone groups is 1. The van der Waals surface area contributed by atoms with Crippen LogP contribution in [0.15, 0.2) is 41.6 Å². The molecule has 3 aliphatic rings. The van der Waals surface area contributed by atoms with Crippen LogP contribution in [0.2, 0.25) is 0 Å². The molecule has 0 radical (unpaired) electrons. The van der Waals surface area contributed by atoms with Gasteiger partial charge in [0.2, 0.25) is 5.91 Å². The van der Waals surface area contributed by atoms with Gasteiger partial charge in [0, 0.05) is 0 Å². The van der Waals surface area contributed by atoms with Crippen molar-refractivity contribution in [2.45, 2.75) is 86.2 Å². The van der Waals surface area contributed by atoms with E-state index in [4.69, 9.17) is 9.47 Å². The number of benzene rings is 1. The molecule has 2 saturated carbocycles. The van der Waals surface area contributed by atoms with Crippen LogP contribution in [-0.2, 0) is 24.1 Å². The summed E-state index contributed by atoms with van der Waals surface area (Å²) in [4.78, 5) is 22.2. The zero-order valence-corrected chi connectivity index (χ0v) is 21.6. The number of amides is 1. The minimum Gasteiger partial charge on any atom is -0.347 e. The van der Waals surface area contributed by atoms with Gasteiger partial charge in [-0.05, 0) is 69.6 Å². The molecule has 2 heterocycles. The third-order valence-electron chi connectivity index (χ3n) is 7.23. The minimum absolute atomic E-state index is 0.0490. The number of ether oxygens (including phenoxy) is 2. The van der Waals surface area contributed by atoms with Crippen molar-refractivity contribution in [1.29, 1.82) is 0 Å². The molecule has 2 unspecified atom stereocenters. The maximum Gasteiger partial charge on any atom is 0.233 e. The maximum absolute atomic E-state index is 13.9. The fourth-order valence-corrected chi connectivity index (χ4v) is 6.68. The van der Waals surface area contributed by atoms with Gasteiger partial charge in [0.1, 0.15) is 18.4 Å². The normalized spacial score (nSPS) is 28.2. The van der Waals surface area contributed by atoms with Crippen LogP contribution in [0.1, 0.15) is 69.2 Å². The molecule has 1 aromatic heterocycles. The number of rotatable bonds is 8. The van der Waals surface area contributed by atoms with Crippen molar-refractivity contribution < 1.29 is 31.5 Å². The highest BCUT2D eigenvalue weighted by Gasteiger charge is 2.39. The molecule has 1 saturated heterocycles.